The average Bonchev–Trinajstić information content (AvgIpc) is 3.36. The van der Waals surface area contributed by atoms with E-state index in [1.165, 1.54) is 10.4 Å². The highest BCUT2D eigenvalue weighted by Crippen LogP contribution is 2.48. The summed E-state index contributed by atoms with van der Waals surface area (Å²) in [6.07, 6.45) is 4.57. The minimum Gasteiger partial charge on any atom is -0.481 e. The fourth-order valence-corrected chi connectivity index (χ4v) is 7.48. The third-order valence-corrected chi connectivity index (χ3v) is 9.32. The maximum Gasteiger partial charge on any atom is 0.307 e. The number of carboxylic acids is 1. The Kier molecular flexibility index (Phi) is 4.82. The predicted molar refractivity (Wildman–Crippen MR) is 100 cm³/mol. The van der Waals surface area contributed by atoms with Crippen LogP contribution in [0, 0.1) is 23.7 Å². The summed E-state index contributed by atoms with van der Waals surface area (Å²) >= 11 is 6.85. The van der Waals surface area contributed by atoms with Gasteiger partial charge < -0.3 is 10.0 Å². The summed E-state index contributed by atoms with van der Waals surface area (Å²) in [7, 11) is -3.62. The number of carboxylic acid groups (broad SMARTS) is 1. The zero-order chi connectivity index (χ0) is 19.3. The minimum absolute atomic E-state index is 0.0291. The van der Waals surface area contributed by atoms with E-state index >= 15 is 0 Å². The molecule has 7 nitrogen and oxygen atoms in total. The number of carbonyl (C=O) groups excluding carboxylic acids is 1. The van der Waals surface area contributed by atoms with Crippen LogP contribution in [0.5, 0.6) is 0 Å². The molecule has 4 rings (SSSR count). The molecule has 27 heavy (non-hydrogen) atoms. The molecule has 1 aromatic heterocycles. The van der Waals surface area contributed by atoms with Crippen molar-refractivity contribution in [1.29, 1.82) is 0 Å². The Morgan fingerprint density at radius 2 is 1.70 bits per heavy atom. The molecule has 0 unspecified atom stereocenters. The van der Waals surface area contributed by atoms with Gasteiger partial charge in [0.1, 0.15) is 4.21 Å². The van der Waals surface area contributed by atoms with Gasteiger partial charge in [-0.2, -0.15) is 4.31 Å². The summed E-state index contributed by atoms with van der Waals surface area (Å²) < 4.78 is 27.3. The van der Waals surface area contributed by atoms with E-state index in [2.05, 4.69) is 0 Å². The quantitative estimate of drug-likeness (QED) is 0.734. The van der Waals surface area contributed by atoms with Crippen molar-refractivity contribution >= 4 is 44.8 Å². The number of hydrogen-bond donors (Lipinski definition) is 1. The van der Waals surface area contributed by atoms with Gasteiger partial charge >= 0.3 is 5.97 Å². The number of aliphatic carboxylic acids is 1. The zero-order valence-corrected chi connectivity index (χ0v) is 16.7. The molecule has 1 saturated carbocycles. The number of thiophene rings is 1. The van der Waals surface area contributed by atoms with E-state index in [-0.39, 0.29) is 48.1 Å². The van der Waals surface area contributed by atoms with E-state index in [0.29, 0.717) is 10.8 Å². The van der Waals surface area contributed by atoms with Gasteiger partial charge in [-0.3, -0.25) is 9.59 Å². The Morgan fingerprint density at radius 1 is 1.07 bits per heavy atom. The van der Waals surface area contributed by atoms with E-state index in [1.54, 1.807) is 11.0 Å². The highest BCUT2D eigenvalue weighted by molar-refractivity contribution is 7.91. The first-order valence-electron chi connectivity index (χ1n) is 8.74. The Balaban J connectivity index is 1.44. The Bertz CT molecular complexity index is 904. The number of amides is 1. The first-order chi connectivity index (χ1) is 12.8. The van der Waals surface area contributed by atoms with E-state index in [1.807, 2.05) is 12.2 Å². The summed E-state index contributed by atoms with van der Waals surface area (Å²) in [6.45, 7) is 0.915. The molecule has 1 saturated heterocycles. The predicted octanol–water partition coefficient (Wildman–Crippen LogP) is 1.76. The molecule has 0 aromatic carbocycles. The fourth-order valence-electron chi connectivity index (χ4n) is 4.42. The number of allylic oxidation sites excluding steroid dienone is 2. The van der Waals surface area contributed by atoms with E-state index in [9.17, 15) is 23.1 Å². The lowest BCUT2D eigenvalue weighted by molar-refractivity contribution is -0.151. The van der Waals surface area contributed by atoms with E-state index in [4.69, 9.17) is 11.6 Å². The van der Waals surface area contributed by atoms with Crippen molar-refractivity contribution in [1.82, 2.24) is 9.21 Å². The van der Waals surface area contributed by atoms with Crippen molar-refractivity contribution in [3.05, 3.63) is 28.6 Å². The van der Waals surface area contributed by atoms with Crippen LogP contribution < -0.4 is 0 Å². The smallest absolute Gasteiger partial charge is 0.307 e. The van der Waals surface area contributed by atoms with Gasteiger partial charge in [-0.1, -0.05) is 23.8 Å². The molecule has 2 fully saturated rings. The summed E-state index contributed by atoms with van der Waals surface area (Å²) in [6, 6.07) is 3.03. The number of piperazine rings is 1. The molecular formula is C17H19ClN2O5S2. The van der Waals surface area contributed by atoms with Crippen LogP contribution in [-0.2, 0) is 19.6 Å². The molecule has 10 heteroatoms. The molecule has 1 aliphatic heterocycles. The maximum atomic E-state index is 13.0. The lowest BCUT2D eigenvalue weighted by Gasteiger charge is -2.37. The van der Waals surface area contributed by atoms with Crippen molar-refractivity contribution in [2.45, 2.75) is 10.6 Å². The van der Waals surface area contributed by atoms with Gasteiger partial charge in [0, 0.05) is 26.2 Å². The van der Waals surface area contributed by atoms with Crippen molar-refractivity contribution < 1.29 is 23.1 Å². The molecule has 2 aliphatic carbocycles. The van der Waals surface area contributed by atoms with Crippen molar-refractivity contribution in [3.8, 4) is 0 Å². The second-order valence-corrected chi connectivity index (χ2v) is 11.0. The molecular weight excluding hydrogens is 412 g/mol. The van der Waals surface area contributed by atoms with Crippen LogP contribution in [0.3, 0.4) is 0 Å². The number of nitrogens with zero attached hydrogens (tertiary/aromatic N) is 2. The van der Waals surface area contributed by atoms with Crippen LogP contribution in [0.25, 0.3) is 0 Å². The SMILES string of the molecule is O=C(O)[C@H]1[C@@H](C(=O)N2CCN(S(=O)(=O)c3ccc(Cl)s3)CC2)[C@H]2C=C[C@@H]1C2. The molecule has 1 aromatic rings. The van der Waals surface area contributed by atoms with Gasteiger partial charge in [0.25, 0.3) is 10.0 Å². The van der Waals surface area contributed by atoms with Crippen molar-refractivity contribution in [2.24, 2.45) is 23.7 Å². The first-order valence-corrected chi connectivity index (χ1v) is 11.4. The molecule has 2 bridgehead atoms. The monoisotopic (exact) mass is 430 g/mol. The summed E-state index contributed by atoms with van der Waals surface area (Å²) in [5, 5.41) is 9.53. The minimum atomic E-state index is -3.62. The highest BCUT2D eigenvalue weighted by atomic mass is 35.5. The third-order valence-electron chi connectivity index (χ3n) is 5.72. The Morgan fingerprint density at radius 3 is 2.26 bits per heavy atom. The van der Waals surface area contributed by atoms with Gasteiger partial charge in [0.15, 0.2) is 0 Å². The molecule has 3 aliphatic rings. The molecule has 2 heterocycles. The van der Waals surface area contributed by atoms with Gasteiger partial charge in [0.05, 0.1) is 16.2 Å². The molecule has 146 valence electrons. The first kappa shape index (κ1) is 18.9. The average molecular weight is 431 g/mol. The number of rotatable bonds is 4. The number of sulfonamides is 1. The molecule has 0 radical (unpaired) electrons. The number of fused-ring (bicyclic) bond motifs is 2. The van der Waals surface area contributed by atoms with Crippen LogP contribution in [0.2, 0.25) is 4.34 Å². The zero-order valence-electron chi connectivity index (χ0n) is 14.3. The summed E-state index contributed by atoms with van der Waals surface area (Å²) in [5.74, 6) is -2.43. The third kappa shape index (κ3) is 3.20. The Hall–Kier alpha value is -1.42. The Labute approximate surface area is 166 Å². The largest absolute Gasteiger partial charge is 0.481 e. The second-order valence-electron chi connectivity index (χ2n) is 7.13. The van der Waals surface area contributed by atoms with Gasteiger partial charge in [-0.25, -0.2) is 8.42 Å². The number of halogens is 1. The summed E-state index contributed by atoms with van der Waals surface area (Å²) in [4.78, 5) is 26.2. The molecule has 1 amide bonds. The standard InChI is InChI=1S/C17H19ClN2O5S2/c18-12-3-4-13(26-12)27(24,25)20-7-5-19(6-8-20)16(21)14-10-1-2-11(9-10)15(14)17(22)23/h1-4,10-11,14-15H,5-9H2,(H,22,23)/t10-,11+,14-,15+/m0/s1. The molecule has 1 N–H and O–H groups in total. The lowest BCUT2D eigenvalue weighted by atomic mass is 9.82. The topological polar surface area (TPSA) is 95.0 Å². The van der Waals surface area contributed by atoms with Crippen molar-refractivity contribution in [2.75, 3.05) is 26.2 Å². The van der Waals surface area contributed by atoms with E-state index < -0.39 is 27.8 Å². The lowest BCUT2D eigenvalue weighted by Crippen LogP contribution is -2.53. The number of carbonyl (C=O) groups is 2. The van der Waals surface area contributed by atoms with Gasteiger partial charge in [-0.15, -0.1) is 11.3 Å². The molecule has 4 atom stereocenters. The van der Waals surface area contributed by atoms with Crippen LogP contribution in [0.4, 0.5) is 0 Å². The number of hydrogen-bond acceptors (Lipinski definition) is 5. The van der Waals surface area contributed by atoms with Gasteiger partial charge in [-0.05, 0) is 30.4 Å². The van der Waals surface area contributed by atoms with Gasteiger partial charge in [0.2, 0.25) is 5.91 Å². The summed E-state index contributed by atoms with van der Waals surface area (Å²) in [5.41, 5.74) is 0. The highest BCUT2D eigenvalue weighted by Gasteiger charge is 2.52. The van der Waals surface area contributed by atoms with Crippen LogP contribution in [-0.4, -0.2) is 60.8 Å². The second kappa shape index (κ2) is 6.88. The van der Waals surface area contributed by atoms with Crippen molar-refractivity contribution in [3.63, 3.8) is 0 Å². The van der Waals surface area contributed by atoms with Crippen LogP contribution >= 0.6 is 22.9 Å². The van der Waals surface area contributed by atoms with Crippen LogP contribution in [0.1, 0.15) is 6.42 Å². The molecule has 0 spiro atoms. The normalized spacial score (nSPS) is 30.8. The van der Waals surface area contributed by atoms with Crippen LogP contribution in [0.15, 0.2) is 28.5 Å². The fraction of sp³-hybridized carbons (Fsp3) is 0.529. The van der Waals surface area contributed by atoms with E-state index in [0.717, 1.165) is 11.3 Å². The maximum absolute atomic E-state index is 13.0.